The molecule has 0 aliphatic heterocycles. The standard InChI is InChI=1S/C19H18F2N4OS/c1-11-4-6-13(7-5-11)17-23-24-19(25(17)3)27-12(2)18(26)22-14-8-9-15(20)16(21)10-14/h4-10,12H,1-3H3,(H,22,26). The van der Waals surface area contributed by atoms with E-state index in [2.05, 4.69) is 15.5 Å². The number of carbonyl (C=O) groups excluding carboxylic acids is 1. The Labute approximate surface area is 159 Å². The van der Waals surface area contributed by atoms with Crippen LogP contribution >= 0.6 is 11.8 Å². The van der Waals surface area contributed by atoms with Gasteiger partial charge in [-0.25, -0.2) is 8.78 Å². The number of rotatable bonds is 5. The van der Waals surface area contributed by atoms with Crippen molar-refractivity contribution in [3.8, 4) is 11.4 Å². The molecule has 1 unspecified atom stereocenters. The first-order chi connectivity index (χ1) is 12.8. The summed E-state index contributed by atoms with van der Waals surface area (Å²) in [5.41, 5.74) is 2.28. The highest BCUT2D eigenvalue weighted by Gasteiger charge is 2.20. The molecule has 1 atom stereocenters. The Morgan fingerprint density at radius 2 is 1.81 bits per heavy atom. The predicted molar refractivity (Wildman–Crippen MR) is 101 cm³/mol. The van der Waals surface area contributed by atoms with Gasteiger partial charge in [0.2, 0.25) is 5.91 Å². The Balaban J connectivity index is 1.70. The van der Waals surface area contributed by atoms with Gasteiger partial charge in [0.1, 0.15) is 0 Å². The number of hydrogen-bond acceptors (Lipinski definition) is 4. The zero-order chi connectivity index (χ0) is 19.6. The first-order valence-corrected chi connectivity index (χ1v) is 9.12. The molecule has 1 amide bonds. The van der Waals surface area contributed by atoms with Crippen LogP contribution in [-0.4, -0.2) is 25.9 Å². The summed E-state index contributed by atoms with van der Waals surface area (Å²) in [6.07, 6.45) is 0. The van der Waals surface area contributed by atoms with Gasteiger partial charge in [-0.1, -0.05) is 41.6 Å². The van der Waals surface area contributed by atoms with Gasteiger partial charge in [0.15, 0.2) is 22.6 Å². The van der Waals surface area contributed by atoms with Crippen LogP contribution in [0.5, 0.6) is 0 Å². The molecule has 2 aromatic carbocycles. The number of aromatic nitrogens is 3. The minimum absolute atomic E-state index is 0.199. The van der Waals surface area contributed by atoms with Crippen molar-refractivity contribution < 1.29 is 13.6 Å². The van der Waals surface area contributed by atoms with E-state index in [1.165, 1.54) is 17.8 Å². The minimum atomic E-state index is -1.01. The van der Waals surface area contributed by atoms with Crippen molar-refractivity contribution in [1.82, 2.24) is 14.8 Å². The summed E-state index contributed by atoms with van der Waals surface area (Å²) in [6.45, 7) is 3.72. The molecule has 27 heavy (non-hydrogen) atoms. The molecule has 0 aliphatic rings. The van der Waals surface area contributed by atoms with Crippen LogP contribution in [-0.2, 0) is 11.8 Å². The lowest BCUT2D eigenvalue weighted by molar-refractivity contribution is -0.115. The number of nitrogens with one attached hydrogen (secondary N) is 1. The monoisotopic (exact) mass is 388 g/mol. The Morgan fingerprint density at radius 3 is 2.48 bits per heavy atom. The molecule has 5 nitrogen and oxygen atoms in total. The zero-order valence-electron chi connectivity index (χ0n) is 15.0. The van der Waals surface area contributed by atoms with Gasteiger partial charge in [0.25, 0.3) is 0 Å². The number of aryl methyl sites for hydroxylation is 1. The molecule has 140 valence electrons. The number of anilines is 1. The third-order valence-corrected chi connectivity index (χ3v) is 5.12. The number of amides is 1. The summed E-state index contributed by atoms with van der Waals surface area (Å²) in [7, 11) is 1.83. The second kappa shape index (κ2) is 7.87. The summed E-state index contributed by atoms with van der Waals surface area (Å²) < 4.78 is 28.1. The molecule has 3 aromatic rings. The third-order valence-electron chi connectivity index (χ3n) is 3.98. The van der Waals surface area contributed by atoms with E-state index >= 15 is 0 Å². The van der Waals surface area contributed by atoms with E-state index in [4.69, 9.17) is 0 Å². The van der Waals surface area contributed by atoms with Gasteiger partial charge in [-0.05, 0) is 26.0 Å². The van der Waals surface area contributed by atoms with Crippen LogP contribution in [0, 0.1) is 18.6 Å². The van der Waals surface area contributed by atoms with Gasteiger partial charge in [0, 0.05) is 24.4 Å². The molecule has 0 fully saturated rings. The second-order valence-corrected chi connectivity index (χ2v) is 7.42. The maximum Gasteiger partial charge on any atom is 0.237 e. The van der Waals surface area contributed by atoms with Gasteiger partial charge >= 0.3 is 0 Å². The Kier molecular flexibility index (Phi) is 5.55. The Bertz CT molecular complexity index is 972. The Hall–Kier alpha value is -2.74. The summed E-state index contributed by atoms with van der Waals surface area (Å²) in [6, 6.07) is 11.1. The summed E-state index contributed by atoms with van der Waals surface area (Å²) in [4.78, 5) is 12.3. The summed E-state index contributed by atoms with van der Waals surface area (Å²) >= 11 is 1.23. The highest BCUT2D eigenvalue weighted by atomic mass is 32.2. The van der Waals surface area contributed by atoms with E-state index < -0.39 is 16.9 Å². The lowest BCUT2D eigenvalue weighted by Gasteiger charge is -2.12. The molecular weight excluding hydrogens is 370 g/mol. The average molecular weight is 388 g/mol. The molecule has 8 heteroatoms. The zero-order valence-corrected chi connectivity index (χ0v) is 15.8. The fraction of sp³-hybridized carbons (Fsp3) is 0.211. The SMILES string of the molecule is Cc1ccc(-c2nnc(SC(C)C(=O)Nc3ccc(F)c(F)c3)n2C)cc1. The highest BCUT2D eigenvalue weighted by Crippen LogP contribution is 2.26. The van der Waals surface area contributed by atoms with Crippen LogP contribution in [0.3, 0.4) is 0 Å². The van der Waals surface area contributed by atoms with Gasteiger partial charge in [-0.2, -0.15) is 0 Å². The van der Waals surface area contributed by atoms with E-state index in [0.717, 1.165) is 23.3 Å². The molecule has 0 radical (unpaired) electrons. The van der Waals surface area contributed by atoms with Crippen molar-refractivity contribution >= 4 is 23.4 Å². The van der Waals surface area contributed by atoms with Gasteiger partial charge < -0.3 is 9.88 Å². The van der Waals surface area contributed by atoms with Crippen LogP contribution < -0.4 is 5.32 Å². The van der Waals surface area contributed by atoms with Crippen LogP contribution in [0.4, 0.5) is 14.5 Å². The van der Waals surface area contributed by atoms with Crippen LogP contribution in [0.15, 0.2) is 47.6 Å². The van der Waals surface area contributed by atoms with E-state index in [1.807, 2.05) is 42.8 Å². The normalized spacial score (nSPS) is 12.0. The largest absolute Gasteiger partial charge is 0.325 e. The lowest BCUT2D eigenvalue weighted by atomic mass is 10.1. The summed E-state index contributed by atoms with van der Waals surface area (Å²) in [5, 5.41) is 11.0. The third kappa shape index (κ3) is 4.33. The lowest BCUT2D eigenvalue weighted by Crippen LogP contribution is -2.23. The van der Waals surface area contributed by atoms with Crippen molar-refractivity contribution in [1.29, 1.82) is 0 Å². The van der Waals surface area contributed by atoms with Crippen LogP contribution in [0.25, 0.3) is 11.4 Å². The van der Waals surface area contributed by atoms with Gasteiger partial charge in [-0.15, -0.1) is 10.2 Å². The fourth-order valence-electron chi connectivity index (χ4n) is 2.40. The molecule has 0 spiro atoms. The maximum absolute atomic E-state index is 13.3. The van der Waals surface area contributed by atoms with E-state index in [-0.39, 0.29) is 11.6 Å². The molecule has 1 aromatic heterocycles. The minimum Gasteiger partial charge on any atom is -0.325 e. The molecule has 1 N–H and O–H groups in total. The predicted octanol–water partition coefficient (Wildman–Crippen LogP) is 4.19. The van der Waals surface area contributed by atoms with Crippen molar-refractivity contribution in [3.63, 3.8) is 0 Å². The summed E-state index contributed by atoms with van der Waals surface area (Å²) in [5.74, 6) is -1.61. The first-order valence-electron chi connectivity index (χ1n) is 8.24. The first kappa shape index (κ1) is 19.0. The molecular formula is C19H18F2N4OS. The van der Waals surface area contributed by atoms with E-state index in [9.17, 15) is 13.6 Å². The van der Waals surface area contributed by atoms with Crippen LogP contribution in [0.2, 0.25) is 0 Å². The van der Waals surface area contributed by atoms with E-state index in [1.54, 1.807) is 6.92 Å². The molecule has 1 heterocycles. The van der Waals surface area contributed by atoms with Crippen molar-refractivity contribution in [3.05, 3.63) is 59.7 Å². The number of hydrogen-bond donors (Lipinski definition) is 1. The quantitative estimate of drug-likeness (QED) is 0.666. The van der Waals surface area contributed by atoms with Crippen molar-refractivity contribution in [2.24, 2.45) is 7.05 Å². The fourth-order valence-corrected chi connectivity index (χ4v) is 3.22. The average Bonchev–Trinajstić information content (AvgIpc) is 2.99. The van der Waals surface area contributed by atoms with Crippen LogP contribution in [0.1, 0.15) is 12.5 Å². The number of thioether (sulfide) groups is 1. The molecule has 0 saturated carbocycles. The van der Waals surface area contributed by atoms with Gasteiger partial charge in [-0.3, -0.25) is 4.79 Å². The second-order valence-electron chi connectivity index (χ2n) is 6.11. The topological polar surface area (TPSA) is 59.8 Å². The van der Waals surface area contributed by atoms with Crippen molar-refractivity contribution in [2.45, 2.75) is 24.3 Å². The smallest absolute Gasteiger partial charge is 0.237 e. The highest BCUT2D eigenvalue weighted by molar-refractivity contribution is 8.00. The molecule has 3 rings (SSSR count). The number of nitrogens with zero attached hydrogens (tertiary/aromatic N) is 3. The number of carbonyl (C=O) groups is 1. The molecule has 0 bridgehead atoms. The van der Waals surface area contributed by atoms with Crippen molar-refractivity contribution in [2.75, 3.05) is 5.32 Å². The number of benzene rings is 2. The van der Waals surface area contributed by atoms with Gasteiger partial charge in [0.05, 0.1) is 5.25 Å². The van der Waals surface area contributed by atoms with E-state index in [0.29, 0.717) is 11.0 Å². The Morgan fingerprint density at radius 1 is 1.11 bits per heavy atom. The molecule has 0 aliphatic carbocycles. The molecule has 0 saturated heterocycles. The maximum atomic E-state index is 13.3. The number of halogens is 2.